The van der Waals surface area contributed by atoms with Crippen LogP contribution in [0.4, 0.5) is 5.69 Å². The number of methoxy groups -OCH3 is 3. The Balaban J connectivity index is 2.25. The van der Waals surface area contributed by atoms with Crippen molar-refractivity contribution in [3.05, 3.63) is 47.5 Å². The molecule has 0 saturated heterocycles. The van der Waals surface area contributed by atoms with Gasteiger partial charge in [0.1, 0.15) is 0 Å². The molecule has 2 aromatic rings. The first-order chi connectivity index (χ1) is 13.4. The van der Waals surface area contributed by atoms with Gasteiger partial charge in [-0.05, 0) is 36.4 Å². The molecule has 9 nitrogen and oxygen atoms in total. The van der Waals surface area contributed by atoms with Gasteiger partial charge in [0.15, 0.2) is 18.1 Å². The number of primary amides is 1. The van der Waals surface area contributed by atoms with Gasteiger partial charge in [-0.2, -0.15) is 0 Å². The van der Waals surface area contributed by atoms with E-state index in [4.69, 9.17) is 19.9 Å². The summed E-state index contributed by atoms with van der Waals surface area (Å²) in [5, 5.41) is 2.70. The van der Waals surface area contributed by atoms with Crippen LogP contribution in [0.25, 0.3) is 0 Å². The van der Waals surface area contributed by atoms with Gasteiger partial charge in [-0.25, -0.2) is 4.79 Å². The number of benzene rings is 2. The van der Waals surface area contributed by atoms with E-state index in [0.717, 1.165) is 0 Å². The van der Waals surface area contributed by atoms with Gasteiger partial charge in [0.25, 0.3) is 11.8 Å². The molecule has 0 aliphatic heterocycles. The highest BCUT2D eigenvalue weighted by Crippen LogP contribution is 2.38. The van der Waals surface area contributed by atoms with Gasteiger partial charge >= 0.3 is 5.97 Å². The van der Waals surface area contributed by atoms with Gasteiger partial charge in [0.05, 0.1) is 26.9 Å². The minimum atomic E-state index is -0.665. The molecule has 2 amide bonds. The van der Waals surface area contributed by atoms with Crippen molar-refractivity contribution in [3.63, 3.8) is 0 Å². The lowest BCUT2D eigenvalue weighted by Gasteiger charge is -2.15. The van der Waals surface area contributed by atoms with E-state index in [-0.39, 0.29) is 29.4 Å². The van der Waals surface area contributed by atoms with Crippen LogP contribution >= 0.6 is 0 Å². The quantitative estimate of drug-likeness (QED) is 0.658. The molecule has 0 spiro atoms. The Hall–Kier alpha value is -3.75. The standard InChI is InChI=1S/C19H20N2O7/c1-25-14-8-12(9-15(26-2)17(14)28-10-16(20)22)18(23)21-13-6-4-11(5-7-13)19(24)27-3/h4-9H,10H2,1-3H3,(H2,20,22)(H,21,23). The number of nitrogens with one attached hydrogen (secondary N) is 1. The Bertz CT molecular complexity index is 853. The lowest BCUT2D eigenvalue weighted by Crippen LogP contribution is -2.20. The first-order valence-electron chi connectivity index (χ1n) is 8.06. The van der Waals surface area contributed by atoms with Gasteiger partial charge in [-0.1, -0.05) is 0 Å². The monoisotopic (exact) mass is 388 g/mol. The van der Waals surface area contributed by atoms with Crippen molar-refractivity contribution in [2.75, 3.05) is 33.3 Å². The van der Waals surface area contributed by atoms with Crippen molar-refractivity contribution < 1.29 is 33.3 Å². The molecule has 148 valence electrons. The third kappa shape index (κ3) is 4.91. The lowest BCUT2D eigenvalue weighted by molar-refractivity contribution is -0.120. The molecular weight excluding hydrogens is 368 g/mol. The van der Waals surface area contributed by atoms with E-state index in [1.807, 2.05) is 0 Å². The van der Waals surface area contributed by atoms with Crippen LogP contribution in [-0.4, -0.2) is 45.7 Å². The number of carbonyl (C=O) groups is 3. The second kappa shape index (κ2) is 9.26. The van der Waals surface area contributed by atoms with E-state index in [2.05, 4.69) is 10.1 Å². The fourth-order valence-electron chi connectivity index (χ4n) is 2.31. The molecule has 0 heterocycles. The van der Waals surface area contributed by atoms with Gasteiger partial charge < -0.3 is 30.0 Å². The van der Waals surface area contributed by atoms with Crippen LogP contribution < -0.4 is 25.3 Å². The van der Waals surface area contributed by atoms with Gasteiger partial charge in [-0.3, -0.25) is 9.59 Å². The van der Waals surface area contributed by atoms with Crippen molar-refractivity contribution in [2.45, 2.75) is 0 Å². The summed E-state index contributed by atoms with van der Waals surface area (Å²) in [6, 6.07) is 9.09. The summed E-state index contributed by atoms with van der Waals surface area (Å²) in [6.45, 7) is -0.370. The lowest BCUT2D eigenvalue weighted by atomic mass is 10.1. The van der Waals surface area contributed by atoms with Crippen molar-refractivity contribution in [1.29, 1.82) is 0 Å². The molecule has 9 heteroatoms. The Kier molecular flexibility index (Phi) is 6.80. The van der Waals surface area contributed by atoms with Gasteiger partial charge in [0, 0.05) is 11.3 Å². The number of amides is 2. The molecular formula is C19H20N2O7. The molecule has 2 rings (SSSR count). The third-order valence-corrected chi connectivity index (χ3v) is 3.65. The van der Waals surface area contributed by atoms with E-state index in [0.29, 0.717) is 11.3 Å². The average molecular weight is 388 g/mol. The van der Waals surface area contributed by atoms with Crippen molar-refractivity contribution in [1.82, 2.24) is 0 Å². The molecule has 0 aliphatic carbocycles. The molecule has 0 aromatic heterocycles. The topological polar surface area (TPSA) is 126 Å². The number of nitrogens with two attached hydrogens (primary N) is 1. The normalized spacial score (nSPS) is 9.96. The van der Waals surface area contributed by atoms with Crippen molar-refractivity contribution in [3.8, 4) is 17.2 Å². The molecule has 0 saturated carbocycles. The minimum absolute atomic E-state index is 0.155. The summed E-state index contributed by atoms with van der Waals surface area (Å²) in [5.41, 5.74) is 6.16. The summed E-state index contributed by atoms with van der Waals surface area (Å²) in [5.74, 6) is -1.02. The maximum atomic E-state index is 12.6. The van der Waals surface area contributed by atoms with Gasteiger partial charge in [-0.15, -0.1) is 0 Å². The number of hydrogen-bond acceptors (Lipinski definition) is 7. The summed E-state index contributed by atoms with van der Waals surface area (Å²) < 4.78 is 20.4. The first-order valence-corrected chi connectivity index (χ1v) is 8.06. The molecule has 0 aliphatic rings. The fourth-order valence-corrected chi connectivity index (χ4v) is 2.31. The van der Waals surface area contributed by atoms with E-state index >= 15 is 0 Å². The SMILES string of the molecule is COC(=O)c1ccc(NC(=O)c2cc(OC)c(OCC(N)=O)c(OC)c2)cc1. The maximum absolute atomic E-state index is 12.6. The number of carbonyl (C=O) groups excluding carboxylic acids is 3. The summed E-state index contributed by atoms with van der Waals surface area (Å²) >= 11 is 0. The van der Waals surface area contributed by atoms with Crippen LogP contribution in [0.5, 0.6) is 17.2 Å². The predicted octanol–water partition coefficient (Wildman–Crippen LogP) is 1.61. The Labute approximate surface area is 161 Å². The van der Waals surface area contributed by atoms with E-state index < -0.39 is 17.8 Å². The highest BCUT2D eigenvalue weighted by atomic mass is 16.5. The number of esters is 1. The zero-order valence-electron chi connectivity index (χ0n) is 15.6. The van der Waals surface area contributed by atoms with Crippen LogP contribution in [0.15, 0.2) is 36.4 Å². The number of anilines is 1. The molecule has 0 bridgehead atoms. The molecule has 3 N–H and O–H groups in total. The minimum Gasteiger partial charge on any atom is -0.493 e. The Morgan fingerprint density at radius 3 is 1.96 bits per heavy atom. The summed E-state index contributed by atoms with van der Waals surface area (Å²) in [4.78, 5) is 35.0. The first kappa shape index (κ1) is 20.6. The summed E-state index contributed by atoms with van der Waals surface area (Å²) in [6.07, 6.45) is 0. The number of hydrogen-bond donors (Lipinski definition) is 2. The molecule has 2 aromatic carbocycles. The van der Waals surface area contributed by atoms with E-state index in [9.17, 15) is 14.4 Å². The Morgan fingerprint density at radius 1 is 0.929 bits per heavy atom. The van der Waals surface area contributed by atoms with Crippen LogP contribution in [0, 0.1) is 0 Å². The summed E-state index contributed by atoms with van der Waals surface area (Å²) in [7, 11) is 4.06. The van der Waals surface area contributed by atoms with Crippen molar-refractivity contribution in [2.24, 2.45) is 5.73 Å². The second-order valence-corrected chi connectivity index (χ2v) is 5.49. The second-order valence-electron chi connectivity index (χ2n) is 5.49. The molecule has 0 unspecified atom stereocenters. The zero-order chi connectivity index (χ0) is 20.7. The van der Waals surface area contributed by atoms with Crippen molar-refractivity contribution >= 4 is 23.5 Å². The largest absolute Gasteiger partial charge is 0.493 e. The number of ether oxygens (including phenoxy) is 4. The van der Waals surface area contributed by atoms with Crippen LogP contribution in [-0.2, 0) is 9.53 Å². The average Bonchev–Trinajstić information content (AvgIpc) is 2.71. The molecule has 0 radical (unpaired) electrons. The molecule has 0 atom stereocenters. The van der Waals surface area contributed by atoms with Gasteiger partial charge in [0.2, 0.25) is 5.75 Å². The number of rotatable bonds is 8. The molecule has 28 heavy (non-hydrogen) atoms. The fraction of sp³-hybridized carbons (Fsp3) is 0.211. The smallest absolute Gasteiger partial charge is 0.337 e. The van der Waals surface area contributed by atoms with E-state index in [1.54, 1.807) is 12.1 Å². The van der Waals surface area contributed by atoms with E-state index in [1.165, 1.54) is 45.6 Å². The van der Waals surface area contributed by atoms with Crippen LogP contribution in [0.3, 0.4) is 0 Å². The highest BCUT2D eigenvalue weighted by molar-refractivity contribution is 6.05. The third-order valence-electron chi connectivity index (χ3n) is 3.65. The van der Waals surface area contributed by atoms with Crippen LogP contribution in [0.1, 0.15) is 20.7 Å². The Morgan fingerprint density at radius 2 is 1.50 bits per heavy atom. The maximum Gasteiger partial charge on any atom is 0.337 e. The van der Waals surface area contributed by atoms with Crippen LogP contribution in [0.2, 0.25) is 0 Å². The zero-order valence-corrected chi connectivity index (χ0v) is 15.6. The predicted molar refractivity (Wildman–Crippen MR) is 100.0 cm³/mol. The highest BCUT2D eigenvalue weighted by Gasteiger charge is 2.18. The molecule has 0 fully saturated rings.